The van der Waals surface area contributed by atoms with E-state index in [9.17, 15) is 4.79 Å². The van der Waals surface area contributed by atoms with Crippen LogP contribution in [-0.2, 0) is 4.79 Å². The first kappa shape index (κ1) is 14.7. The summed E-state index contributed by atoms with van der Waals surface area (Å²) in [5, 5.41) is 12.1. The number of amides is 1. The first-order chi connectivity index (χ1) is 11.1. The molecular formula is C18H24N4O. The lowest BCUT2D eigenvalue weighted by Crippen LogP contribution is -2.31. The Morgan fingerprint density at radius 1 is 1.39 bits per heavy atom. The summed E-state index contributed by atoms with van der Waals surface area (Å²) >= 11 is 0. The van der Waals surface area contributed by atoms with Crippen LogP contribution < -0.4 is 10.6 Å². The molecule has 1 amide bonds. The SMILES string of the molecule is CC(C)n1cc2cc(NC(=O)C3CC34CCNCC4)ccc2n1. The van der Waals surface area contributed by atoms with Crippen molar-refractivity contribution in [1.82, 2.24) is 15.1 Å². The van der Waals surface area contributed by atoms with E-state index in [4.69, 9.17) is 0 Å². The van der Waals surface area contributed by atoms with Crippen molar-refractivity contribution in [2.24, 2.45) is 11.3 Å². The highest BCUT2D eigenvalue weighted by molar-refractivity contribution is 5.97. The maximum absolute atomic E-state index is 12.5. The number of rotatable bonds is 3. The molecular weight excluding hydrogens is 288 g/mol. The Morgan fingerprint density at radius 3 is 2.91 bits per heavy atom. The van der Waals surface area contributed by atoms with Crippen molar-refractivity contribution in [3.8, 4) is 0 Å². The smallest absolute Gasteiger partial charge is 0.228 e. The van der Waals surface area contributed by atoms with Gasteiger partial charge in [-0.2, -0.15) is 5.10 Å². The van der Waals surface area contributed by atoms with Crippen LogP contribution in [0.1, 0.15) is 39.2 Å². The highest BCUT2D eigenvalue weighted by Gasteiger charge is 2.57. The molecule has 23 heavy (non-hydrogen) atoms. The largest absolute Gasteiger partial charge is 0.326 e. The van der Waals surface area contributed by atoms with Gasteiger partial charge in [0, 0.05) is 29.2 Å². The van der Waals surface area contributed by atoms with E-state index in [1.54, 1.807) is 0 Å². The summed E-state index contributed by atoms with van der Waals surface area (Å²) in [7, 11) is 0. The van der Waals surface area contributed by atoms with Gasteiger partial charge in [-0.1, -0.05) is 0 Å². The van der Waals surface area contributed by atoms with Crippen molar-refractivity contribution in [2.45, 2.75) is 39.2 Å². The minimum absolute atomic E-state index is 0.183. The molecule has 1 aliphatic heterocycles. The number of piperidine rings is 1. The fraction of sp³-hybridized carbons (Fsp3) is 0.556. The maximum atomic E-state index is 12.5. The molecule has 1 aromatic carbocycles. The van der Waals surface area contributed by atoms with Gasteiger partial charge in [-0.3, -0.25) is 9.48 Å². The van der Waals surface area contributed by atoms with E-state index in [-0.39, 0.29) is 17.2 Å². The summed E-state index contributed by atoms with van der Waals surface area (Å²) < 4.78 is 1.96. The second kappa shape index (κ2) is 5.34. The van der Waals surface area contributed by atoms with Gasteiger partial charge in [-0.25, -0.2) is 0 Å². The van der Waals surface area contributed by atoms with Crippen LogP contribution in [0.4, 0.5) is 5.69 Å². The van der Waals surface area contributed by atoms with Crippen LogP contribution in [0.25, 0.3) is 10.9 Å². The summed E-state index contributed by atoms with van der Waals surface area (Å²) in [6.45, 7) is 6.31. The number of nitrogens with zero attached hydrogens (tertiary/aromatic N) is 2. The Hall–Kier alpha value is -1.88. The van der Waals surface area contributed by atoms with Gasteiger partial charge in [0.05, 0.1) is 5.52 Å². The van der Waals surface area contributed by atoms with Crippen LogP contribution in [-0.4, -0.2) is 28.8 Å². The van der Waals surface area contributed by atoms with Crippen LogP contribution in [0.2, 0.25) is 0 Å². The van der Waals surface area contributed by atoms with Crippen molar-refractivity contribution in [2.75, 3.05) is 18.4 Å². The fourth-order valence-electron chi connectivity index (χ4n) is 3.81. The van der Waals surface area contributed by atoms with E-state index in [0.29, 0.717) is 6.04 Å². The molecule has 1 unspecified atom stereocenters. The van der Waals surface area contributed by atoms with E-state index in [1.807, 2.05) is 29.1 Å². The Morgan fingerprint density at radius 2 is 2.17 bits per heavy atom. The van der Waals surface area contributed by atoms with Crippen molar-refractivity contribution in [3.05, 3.63) is 24.4 Å². The monoisotopic (exact) mass is 312 g/mol. The molecule has 1 aliphatic carbocycles. The Balaban J connectivity index is 1.48. The molecule has 5 nitrogen and oxygen atoms in total. The number of hydrogen-bond acceptors (Lipinski definition) is 3. The van der Waals surface area contributed by atoms with Crippen LogP contribution in [0.15, 0.2) is 24.4 Å². The minimum Gasteiger partial charge on any atom is -0.326 e. The van der Waals surface area contributed by atoms with Crippen LogP contribution >= 0.6 is 0 Å². The number of hydrogen-bond donors (Lipinski definition) is 2. The Kier molecular flexibility index (Phi) is 3.41. The third-order valence-corrected chi connectivity index (χ3v) is 5.42. The van der Waals surface area contributed by atoms with Crippen LogP contribution in [0, 0.1) is 11.3 Å². The number of carbonyl (C=O) groups is 1. The van der Waals surface area contributed by atoms with Crippen molar-refractivity contribution in [1.29, 1.82) is 0 Å². The third kappa shape index (κ3) is 2.63. The lowest BCUT2D eigenvalue weighted by atomic mass is 9.92. The molecule has 2 heterocycles. The third-order valence-electron chi connectivity index (χ3n) is 5.42. The molecule has 122 valence electrons. The van der Waals surface area contributed by atoms with Gasteiger partial charge in [0.25, 0.3) is 0 Å². The number of carbonyl (C=O) groups excluding carboxylic acids is 1. The summed E-state index contributed by atoms with van der Waals surface area (Å²) in [4.78, 5) is 12.5. The van der Waals surface area contributed by atoms with E-state index in [0.717, 1.165) is 48.9 Å². The molecule has 0 radical (unpaired) electrons. The number of benzene rings is 1. The molecule has 1 saturated carbocycles. The predicted octanol–water partition coefficient (Wildman–Crippen LogP) is 2.95. The van der Waals surface area contributed by atoms with Gasteiger partial charge in [0.1, 0.15) is 0 Å². The van der Waals surface area contributed by atoms with Gasteiger partial charge >= 0.3 is 0 Å². The summed E-state index contributed by atoms with van der Waals surface area (Å²) in [5.41, 5.74) is 2.13. The molecule has 1 spiro atoms. The van der Waals surface area contributed by atoms with Crippen LogP contribution in [0.5, 0.6) is 0 Å². The highest BCUT2D eigenvalue weighted by Crippen LogP contribution is 2.58. The zero-order valence-corrected chi connectivity index (χ0v) is 13.8. The molecule has 2 aliphatic rings. The maximum Gasteiger partial charge on any atom is 0.228 e. The molecule has 1 aromatic heterocycles. The average molecular weight is 312 g/mol. The number of nitrogens with one attached hydrogen (secondary N) is 2. The molecule has 1 atom stereocenters. The highest BCUT2D eigenvalue weighted by atomic mass is 16.2. The van der Waals surface area contributed by atoms with Crippen LogP contribution in [0.3, 0.4) is 0 Å². The lowest BCUT2D eigenvalue weighted by molar-refractivity contribution is -0.118. The molecule has 4 rings (SSSR count). The van der Waals surface area contributed by atoms with E-state index < -0.39 is 0 Å². The van der Waals surface area contributed by atoms with Crippen molar-refractivity contribution >= 4 is 22.5 Å². The number of anilines is 1. The summed E-state index contributed by atoms with van der Waals surface area (Å²) in [6.07, 6.45) is 5.35. The number of fused-ring (bicyclic) bond motifs is 1. The molecule has 2 aromatic rings. The van der Waals surface area contributed by atoms with E-state index in [2.05, 4.69) is 29.6 Å². The molecule has 2 N–H and O–H groups in total. The van der Waals surface area contributed by atoms with Gasteiger partial charge in [-0.15, -0.1) is 0 Å². The second-order valence-electron chi connectivity index (χ2n) is 7.33. The average Bonchev–Trinajstić information content (AvgIpc) is 3.05. The zero-order valence-electron chi connectivity index (χ0n) is 13.8. The van der Waals surface area contributed by atoms with Crippen molar-refractivity contribution < 1.29 is 4.79 Å². The molecule has 5 heteroatoms. The minimum atomic E-state index is 0.183. The topological polar surface area (TPSA) is 59.0 Å². The quantitative estimate of drug-likeness (QED) is 0.916. The van der Waals surface area contributed by atoms with E-state index in [1.165, 1.54) is 0 Å². The van der Waals surface area contributed by atoms with E-state index >= 15 is 0 Å². The Labute approximate surface area is 136 Å². The lowest BCUT2D eigenvalue weighted by Gasteiger charge is -2.23. The number of aromatic nitrogens is 2. The van der Waals surface area contributed by atoms with Gasteiger partial charge in [-0.05, 0) is 69.8 Å². The first-order valence-corrected chi connectivity index (χ1v) is 8.58. The summed E-state index contributed by atoms with van der Waals surface area (Å²) in [5.74, 6) is 0.376. The van der Waals surface area contributed by atoms with Gasteiger partial charge in [0.15, 0.2) is 0 Å². The normalized spacial score (nSPS) is 22.7. The molecule has 2 fully saturated rings. The van der Waals surface area contributed by atoms with Crippen molar-refractivity contribution in [3.63, 3.8) is 0 Å². The molecule has 1 saturated heterocycles. The standard InChI is InChI=1S/C18H24N4O/c1-12(2)22-11-13-9-14(3-4-16(13)21-22)20-17(23)15-10-18(15)5-7-19-8-6-18/h3-4,9,11-12,15,19H,5-8,10H2,1-2H3,(H,20,23). The molecule has 0 bridgehead atoms. The second-order valence-corrected chi connectivity index (χ2v) is 7.33. The first-order valence-electron chi connectivity index (χ1n) is 8.58. The fourth-order valence-corrected chi connectivity index (χ4v) is 3.81. The summed E-state index contributed by atoms with van der Waals surface area (Å²) in [6, 6.07) is 6.30. The Bertz CT molecular complexity index is 743. The van der Waals surface area contributed by atoms with Gasteiger partial charge in [0.2, 0.25) is 5.91 Å². The van der Waals surface area contributed by atoms with Gasteiger partial charge < -0.3 is 10.6 Å². The zero-order chi connectivity index (χ0) is 16.0. The predicted molar refractivity (Wildman–Crippen MR) is 91.4 cm³/mol.